The first-order valence-electron chi connectivity index (χ1n) is 7.79. The van der Waals surface area contributed by atoms with E-state index in [2.05, 4.69) is 13.8 Å². The lowest BCUT2D eigenvalue weighted by Crippen LogP contribution is -2.36. The van der Waals surface area contributed by atoms with Crippen LogP contribution in [0.4, 0.5) is 0 Å². The number of carbonyl (C=O) groups excluding carboxylic acids is 1. The van der Waals surface area contributed by atoms with Gasteiger partial charge in [-0.1, -0.05) is 25.4 Å². The van der Waals surface area contributed by atoms with Crippen LogP contribution in [-0.4, -0.2) is 37.1 Å². The number of hydrogen-bond acceptors (Lipinski definition) is 3. The average molecular weight is 326 g/mol. The molecule has 1 aromatic rings. The molecule has 22 heavy (non-hydrogen) atoms. The minimum atomic E-state index is 0.0134. The summed E-state index contributed by atoms with van der Waals surface area (Å²) in [6.45, 7) is 7.37. The highest BCUT2D eigenvalue weighted by atomic mass is 35.5. The fraction of sp³-hybridized carbons (Fsp3) is 0.588. The van der Waals surface area contributed by atoms with Crippen molar-refractivity contribution in [1.29, 1.82) is 0 Å². The quantitative estimate of drug-likeness (QED) is 0.760. The van der Waals surface area contributed by atoms with Crippen LogP contribution in [0.15, 0.2) is 12.1 Å². The van der Waals surface area contributed by atoms with Gasteiger partial charge in [0.2, 0.25) is 0 Å². The first kappa shape index (κ1) is 16.9. The zero-order valence-corrected chi connectivity index (χ0v) is 14.4. The maximum atomic E-state index is 12.8. The van der Waals surface area contributed by atoms with E-state index in [1.807, 2.05) is 11.8 Å². The molecule has 0 N–H and O–H groups in total. The molecule has 1 aliphatic carbocycles. The normalized spacial score (nSPS) is 14.1. The monoisotopic (exact) mass is 325 g/mol. The van der Waals surface area contributed by atoms with Crippen LogP contribution in [0.1, 0.15) is 44.0 Å². The Labute approximate surface area is 137 Å². The number of nitrogens with zero attached hydrogens (tertiary/aromatic N) is 1. The van der Waals surface area contributed by atoms with Gasteiger partial charge in [-0.2, -0.15) is 0 Å². The van der Waals surface area contributed by atoms with E-state index >= 15 is 0 Å². The van der Waals surface area contributed by atoms with Crippen LogP contribution in [-0.2, 0) is 0 Å². The summed E-state index contributed by atoms with van der Waals surface area (Å²) in [4.78, 5) is 14.8. The molecule has 0 radical (unpaired) electrons. The van der Waals surface area contributed by atoms with E-state index in [4.69, 9.17) is 21.1 Å². The molecule has 0 aliphatic heterocycles. The summed E-state index contributed by atoms with van der Waals surface area (Å²) in [5.74, 6) is 1.44. The lowest BCUT2D eigenvalue weighted by atomic mass is 10.1. The number of ether oxygens (including phenoxy) is 2. The second-order valence-corrected chi connectivity index (χ2v) is 6.41. The topological polar surface area (TPSA) is 38.8 Å². The molecule has 0 aromatic heterocycles. The van der Waals surface area contributed by atoms with Crippen LogP contribution < -0.4 is 9.47 Å². The van der Waals surface area contributed by atoms with E-state index in [0.717, 1.165) is 19.4 Å². The van der Waals surface area contributed by atoms with Gasteiger partial charge in [-0.3, -0.25) is 4.79 Å². The van der Waals surface area contributed by atoms with Crippen molar-refractivity contribution < 1.29 is 14.3 Å². The number of rotatable bonds is 7. The SMILES string of the molecule is CCOc1c(Cl)cc(C(=O)N(CC(C)C)C2CC2)cc1OC. The second kappa shape index (κ2) is 7.23. The average Bonchev–Trinajstić information content (AvgIpc) is 3.30. The van der Waals surface area contributed by atoms with E-state index < -0.39 is 0 Å². The highest BCUT2D eigenvalue weighted by Crippen LogP contribution is 2.37. The Kier molecular flexibility index (Phi) is 5.57. The zero-order valence-electron chi connectivity index (χ0n) is 13.7. The van der Waals surface area contributed by atoms with Gasteiger partial charge >= 0.3 is 0 Å². The predicted octanol–water partition coefficient (Wildman–Crippen LogP) is 4.01. The molecule has 1 aromatic carbocycles. The standard InChI is InChI=1S/C17H24ClNO3/c1-5-22-16-14(18)8-12(9-15(16)21-4)17(20)19(10-11(2)3)13-6-7-13/h8-9,11,13H,5-7,10H2,1-4H3. The number of halogens is 1. The third kappa shape index (κ3) is 3.86. The Morgan fingerprint density at radius 1 is 1.41 bits per heavy atom. The van der Waals surface area contributed by atoms with Gasteiger partial charge in [0.25, 0.3) is 5.91 Å². The largest absolute Gasteiger partial charge is 0.493 e. The van der Waals surface area contributed by atoms with Crippen molar-refractivity contribution >= 4 is 17.5 Å². The van der Waals surface area contributed by atoms with E-state index in [1.165, 1.54) is 0 Å². The lowest BCUT2D eigenvalue weighted by Gasteiger charge is -2.25. The van der Waals surface area contributed by atoms with E-state index in [9.17, 15) is 4.79 Å². The first-order valence-corrected chi connectivity index (χ1v) is 8.17. The second-order valence-electron chi connectivity index (χ2n) is 6.01. The van der Waals surface area contributed by atoms with Gasteiger partial charge in [0.1, 0.15) is 0 Å². The summed E-state index contributed by atoms with van der Waals surface area (Å²) in [5.41, 5.74) is 0.554. The third-order valence-electron chi connectivity index (χ3n) is 3.58. The Balaban J connectivity index is 2.30. The van der Waals surface area contributed by atoms with Gasteiger partial charge < -0.3 is 14.4 Å². The molecule has 0 heterocycles. The summed E-state index contributed by atoms with van der Waals surface area (Å²) in [5, 5.41) is 0.407. The Morgan fingerprint density at radius 3 is 2.59 bits per heavy atom. The molecule has 2 rings (SSSR count). The van der Waals surface area contributed by atoms with Crippen LogP contribution in [0.2, 0.25) is 5.02 Å². The fourth-order valence-electron chi connectivity index (χ4n) is 2.47. The van der Waals surface area contributed by atoms with Crippen LogP contribution in [0.25, 0.3) is 0 Å². The Morgan fingerprint density at radius 2 is 2.09 bits per heavy atom. The molecule has 0 bridgehead atoms. The molecule has 0 spiro atoms. The van der Waals surface area contributed by atoms with Crippen molar-refractivity contribution in [1.82, 2.24) is 4.90 Å². The summed E-state index contributed by atoms with van der Waals surface area (Å²) < 4.78 is 10.8. The highest BCUT2D eigenvalue weighted by molar-refractivity contribution is 6.32. The first-order chi connectivity index (χ1) is 10.5. The van der Waals surface area contributed by atoms with E-state index in [1.54, 1.807) is 19.2 Å². The molecule has 1 saturated carbocycles. The molecule has 0 saturated heterocycles. The van der Waals surface area contributed by atoms with Gasteiger partial charge in [0, 0.05) is 18.2 Å². The Hall–Kier alpha value is -1.42. The Bertz CT molecular complexity index is 541. The maximum absolute atomic E-state index is 12.8. The van der Waals surface area contributed by atoms with E-state index in [0.29, 0.717) is 40.7 Å². The van der Waals surface area contributed by atoms with Gasteiger partial charge in [0.05, 0.1) is 18.7 Å². The highest BCUT2D eigenvalue weighted by Gasteiger charge is 2.33. The molecule has 122 valence electrons. The van der Waals surface area contributed by atoms with Crippen LogP contribution in [0.3, 0.4) is 0 Å². The molecular weight excluding hydrogens is 302 g/mol. The fourth-order valence-corrected chi connectivity index (χ4v) is 2.74. The number of hydrogen-bond donors (Lipinski definition) is 0. The molecule has 0 unspecified atom stereocenters. The van der Waals surface area contributed by atoms with Crippen molar-refractivity contribution in [3.8, 4) is 11.5 Å². The number of methoxy groups -OCH3 is 1. The molecule has 5 heteroatoms. The minimum absolute atomic E-state index is 0.0134. The summed E-state index contributed by atoms with van der Waals surface area (Å²) in [6.07, 6.45) is 2.17. The van der Waals surface area contributed by atoms with Gasteiger partial charge in [-0.25, -0.2) is 0 Å². The number of amides is 1. The van der Waals surface area contributed by atoms with Crippen LogP contribution in [0, 0.1) is 5.92 Å². The van der Waals surface area contributed by atoms with Crippen LogP contribution >= 0.6 is 11.6 Å². The van der Waals surface area contributed by atoms with E-state index in [-0.39, 0.29) is 5.91 Å². The van der Waals surface area contributed by atoms with Gasteiger partial charge in [0.15, 0.2) is 11.5 Å². The summed E-state index contributed by atoms with van der Waals surface area (Å²) in [6, 6.07) is 3.76. The zero-order chi connectivity index (χ0) is 16.3. The molecule has 1 fully saturated rings. The maximum Gasteiger partial charge on any atom is 0.254 e. The van der Waals surface area contributed by atoms with Crippen LogP contribution in [0.5, 0.6) is 11.5 Å². The number of benzene rings is 1. The lowest BCUT2D eigenvalue weighted by molar-refractivity contribution is 0.0722. The molecular formula is C17H24ClNO3. The molecule has 0 atom stereocenters. The smallest absolute Gasteiger partial charge is 0.254 e. The van der Waals surface area contributed by atoms with Crippen molar-refractivity contribution in [2.24, 2.45) is 5.92 Å². The molecule has 4 nitrogen and oxygen atoms in total. The predicted molar refractivity (Wildman–Crippen MR) is 88.1 cm³/mol. The minimum Gasteiger partial charge on any atom is -0.493 e. The van der Waals surface area contributed by atoms with Gasteiger partial charge in [-0.15, -0.1) is 0 Å². The summed E-state index contributed by atoms with van der Waals surface area (Å²) in [7, 11) is 1.55. The molecule has 1 amide bonds. The molecule has 1 aliphatic rings. The van der Waals surface area contributed by atoms with Crippen molar-refractivity contribution in [3.63, 3.8) is 0 Å². The number of carbonyl (C=O) groups is 1. The third-order valence-corrected chi connectivity index (χ3v) is 3.86. The van der Waals surface area contributed by atoms with Gasteiger partial charge in [-0.05, 0) is 37.8 Å². The summed E-state index contributed by atoms with van der Waals surface area (Å²) >= 11 is 6.27. The van der Waals surface area contributed by atoms with Crippen molar-refractivity contribution in [3.05, 3.63) is 22.7 Å². The van der Waals surface area contributed by atoms with Crippen molar-refractivity contribution in [2.75, 3.05) is 20.3 Å². The van der Waals surface area contributed by atoms with Crippen molar-refractivity contribution in [2.45, 2.75) is 39.7 Å².